The molecule has 0 saturated carbocycles. The van der Waals surface area contributed by atoms with Crippen LogP contribution < -0.4 is 0 Å². The van der Waals surface area contributed by atoms with Crippen molar-refractivity contribution in [1.82, 2.24) is 0 Å². The molecular formula is C33H42O4. The highest BCUT2D eigenvalue weighted by molar-refractivity contribution is 6.26. The van der Waals surface area contributed by atoms with Crippen LogP contribution >= 0.6 is 0 Å². The van der Waals surface area contributed by atoms with Crippen LogP contribution in [-0.2, 0) is 9.59 Å². The summed E-state index contributed by atoms with van der Waals surface area (Å²) in [6.07, 6.45) is 10.2. The van der Waals surface area contributed by atoms with E-state index in [1.165, 1.54) is 5.57 Å². The van der Waals surface area contributed by atoms with Crippen molar-refractivity contribution in [3.05, 3.63) is 99.4 Å². The average Bonchev–Trinajstić information content (AvgIpc) is 2.83. The Morgan fingerprint density at radius 1 is 0.784 bits per heavy atom. The molecule has 0 saturated heterocycles. The van der Waals surface area contributed by atoms with Crippen molar-refractivity contribution in [3.8, 4) is 0 Å². The van der Waals surface area contributed by atoms with Crippen molar-refractivity contribution >= 4 is 17.3 Å². The fraction of sp³-hybridized carbons (Fsp3) is 0.394. The van der Waals surface area contributed by atoms with Gasteiger partial charge in [0.2, 0.25) is 0 Å². The van der Waals surface area contributed by atoms with Gasteiger partial charge in [0, 0.05) is 11.1 Å². The number of Topliss-reactive ketones (excluding diaryl/α,β-unsaturated/α-hetero) is 2. The number of hydrogen-bond donors (Lipinski definition) is 2. The van der Waals surface area contributed by atoms with E-state index in [0.717, 1.165) is 29.6 Å². The van der Waals surface area contributed by atoms with E-state index >= 15 is 0 Å². The highest BCUT2D eigenvalue weighted by Gasteiger charge is 2.52. The second kappa shape index (κ2) is 13.2. The topological polar surface area (TPSA) is 74.6 Å². The van der Waals surface area contributed by atoms with Crippen LogP contribution in [0, 0.1) is 5.41 Å². The quantitative estimate of drug-likeness (QED) is 0.145. The molecule has 0 bridgehead atoms. The largest absolute Gasteiger partial charge is 0.507 e. The Hall–Kier alpha value is -3.40. The maximum Gasteiger partial charge on any atom is 0.184 e. The van der Waals surface area contributed by atoms with E-state index in [0.29, 0.717) is 5.56 Å². The van der Waals surface area contributed by atoms with Gasteiger partial charge in [0.15, 0.2) is 11.6 Å². The van der Waals surface area contributed by atoms with E-state index < -0.39 is 17.0 Å². The van der Waals surface area contributed by atoms with Crippen LogP contribution in [0.25, 0.3) is 5.76 Å². The van der Waals surface area contributed by atoms with Gasteiger partial charge in [0.1, 0.15) is 22.5 Å². The van der Waals surface area contributed by atoms with Crippen molar-refractivity contribution in [2.75, 3.05) is 0 Å². The van der Waals surface area contributed by atoms with Crippen molar-refractivity contribution < 1.29 is 19.8 Å². The Balaban J connectivity index is 2.75. The Morgan fingerprint density at radius 2 is 1.35 bits per heavy atom. The smallest absolute Gasteiger partial charge is 0.184 e. The second-order valence-electron chi connectivity index (χ2n) is 10.7. The Bertz CT molecular complexity index is 1190. The molecule has 1 atom stereocenters. The zero-order chi connectivity index (χ0) is 27.8. The fourth-order valence-corrected chi connectivity index (χ4v) is 4.32. The molecule has 2 rings (SSSR count). The second-order valence-corrected chi connectivity index (χ2v) is 10.7. The number of aliphatic hydroxyl groups is 2. The summed E-state index contributed by atoms with van der Waals surface area (Å²) >= 11 is 0. The minimum Gasteiger partial charge on any atom is -0.507 e. The predicted octanol–water partition coefficient (Wildman–Crippen LogP) is 8.70. The van der Waals surface area contributed by atoms with Gasteiger partial charge in [-0.25, -0.2) is 0 Å². The molecule has 0 spiro atoms. The maximum absolute atomic E-state index is 14.2. The van der Waals surface area contributed by atoms with Crippen LogP contribution in [0.15, 0.2) is 93.8 Å². The molecule has 1 aliphatic carbocycles. The number of ketones is 2. The van der Waals surface area contributed by atoms with Gasteiger partial charge in [-0.3, -0.25) is 9.59 Å². The summed E-state index contributed by atoms with van der Waals surface area (Å²) < 4.78 is 0. The molecule has 0 amide bonds. The molecule has 4 nitrogen and oxygen atoms in total. The lowest BCUT2D eigenvalue weighted by Crippen LogP contribution is -2.45. The first-order chi connectivity index (χ1) is 17.4. The summed E-state index contributed by atoms with van der Waals surface area (Å²) in [6, 6.07) is 8.68. The maximum atomic E-state index is 14.2. The molecule has 0 radical (unpaired) electrons. The average molecular weight is 503 g/mol. The number of benzene rings is 1. The molecule has 1 aromatic rings. The normalized spacial score (nSPS) is 19.5. The van der Waals surface area contributed by atoms with Crippen molar-refractivity contribution in [2.45, 2.75) is 80.6 Å². The number of aliphatic hydroxyl groups excluding tert-OH is 2. The third kappa shape index (κ3) is 7.55. The first-order valence-electron chi connectivity index (χ1n) is 13.0. The molecular weight excluding hydrogens is 460 g/mol. The number of hydrogen-bond acceptors (Lipinski definition) is 4. The lowest BCUT2D eigenvalue weighted by atomic mass is 9.64. The standard InChI is InChI=1S/C33H42O4/c1-22(2)12-11-13-25(7)19-21-33(20-18-24(5)6)31(36)27(17-16-23(3)4)30(35)28(32(33)37)29(34)26-14-9-8-10-15-26/h8-10,12,14-16,18-19,34-35H,11,13,17,20-21H2,1-7H3/b25-19+,29-28+/t33-/m1/s1. The van der Waals surface area contributed by atoms with E-state index in [1.54, 1.807) is 24.3 Å². The SMILES string of the molecule is CC(C)=CCC/C(C)=C/C[C@]1(CC=C(C)C)C(=O)C(CC=C(C)C)=C(O)/C(=C(\O)c2ccccc2)C1=O. The summed E-state index contributed by atoms with van der Waals surface area (Å²) in [4.78, 5) is 28.3. The molecule has 0 unspecified atom stereocenters. The number of carbonyl (C=O) groups is 2. The summed E-state index contributed by atoms with van der Waals surface area (Å²) in [6.45, 7) is 13.8. The lowest BCUT2D eigenvalue weighted by Gasteiger charge is -2.35. The van der Waals surface area contributed by atoms with Gasteiger partial charge in [-0.2, -0.15) is 0 Å². The van der Waals surface area contributed by atoms with E-state index in [9.17, 15) is 19.8 Å². The lowest BCUT2D eigenvalue weighted by molar-refractivity contribution is -0.137. The third-order valence-corrected chi connectivity index (χ3v) is 6.64. The van der Waals surface area contributed by atoms with Gasteiger partial charge >= 0.3 is 0 Å². The Labute approximate surface area is 222 Å². The van der Waals surface area contributed by atoms with Gasteiger partial charge in [0.25, 0.3) is 0 Å². The van der Waals surface area contributed by atoms with Gasteiger partial charge in [-0.15, -0.1) is 0 Å². The summed E-state index contributed by atoms with van der Waals surface area (Å²) in [5.74, 6) is -1.65. The third-order valence-electron chi connectivity index (χ3n) is 6.64. The molecule has 2 N–H and O–H groups in total. The van der Waals surface area contributed by atoms with Gasteiger partial charge in [0.05, 0.1) is 0 Å². The molecule has 0 aromatic heterocycles. The molecule has 0 heterocycles. The monoisotopic (exact) mass is 502 g/mol. The van der Waals surface area contributed by atoms with Gasteiger partial charge in [-0.1, -0.05) is 76.9 Å². The van der Waals surface area contributed by atoms with E-state index in [1.807, 2.05) is 58.9 Å². The molecule has 198 valence electrons. The van der Waals surface area contributed by atoms with Crippen LogP contribution in [0.3, 0.4) is 0 Å². The van der Waals surface area contributed by atoms with Crippen molar-refractivity contribution in [2.24, 2.45) is 5.41 Å². The minimum atomic E-state index is -1.44. The minimum absolute atomic E-state index is 0.163. The highest BCUT2D eigenvalue weighted by Crippen LogP contribution is 2.45. The zero-order valence-corrected chi connectivity index (χ0v) is 23.4. The van der Waals surface area contributed by atoms with Crippen LogP contribution in [0.2, 0.25) is 0 Å². The van der Waals surface area contributed by atoms with E-state index in [4.69, 9.17) is 0 Å². The summed E-state index contributed by atoms with van der Waals surface area (Å²) in [5.41, 5.74) is 3.29. The van der Waals surface area contributed by atoms with Gasteiger partial charge in [-0.05, 0) is 80.6 Å². The molecule has 0 aliphatic heterocycles. The van der Waals surface area contributed by atoms with Crippen LogP contribution in [0.4, 0.5) is 0 Å². The van der Waals surface area contributed by atoms with Gasteiger partial charge < -0.3 is 10.2 Å². The number of allylic oxidation sites excluding steroid dienone is 10. The van der Waals surface area contributed by atoms with Crippen molar-refractivity contribution in [3.63, 3.8) is 0 Å². The summed E-state index contributed by atoms with van der Waals surface area (Å²) in [5, 5.41) is 22.4. The van der Waals surface area contributed by atoms with Crippen LogP contribution in [0.5, 0.6) is 0 Å². The first-order valence-corrected chi connectivity index (χ1v) is 13.0. The zero-order valence-electron chi connectivity index (χ0n) is 23.4. The van der Waals surface area contributed by atoms with Crippen molar-refractivity contribution in [1.29, 1.82) is 0 Å². The molecule has 0 fully saturated rings. The first kappa shape index (κ1) is 29.8. The fourth-order valence-electron chi connectivity index (χ4n) is 4.32. The highest BCUT2D eigenvalue weighted by atomic mass is 16.3. The number of carbonyl (C=O) groups excluding carboxylic acids is 2. The van der Waals surface area contributed by atoms with E-state index in [2.05, 4.69) is 19.9 Å². The Kier molecular flexibility index (Phi) is 10.7. The van der Waals surface area contributed by atoms with Crippen LogP contribution in [0.1, 0.15) is 86.1 Å². The van der Waals surface area contributed by atoms with Crippen LogP contribution in [-0.4, -0.2) is 21.8 Å². The predicted molar refractivity (Wildman–Crippen MR) is 153 cm³/mol. The summed E-state index contributed by atoms with van der Waals surface area (Å²) in [7, 11) is 0. The Morgan fingerprint density at radius 3 is 1.92 bits per heavy atom. The molecule has 1 aromatic carbocycles. The molecule has 37 heavy (non-hydrogen) atoms. The van der Waals surface area contributed by atoms with E-state index in [-0.39, 0.29) is 42.0 Å². The number of rotatable bonds is 10. The molecule has 4 heteroatoms. The molecule has 1 aliphatic rings.